The standard InChI is InChI=1S/C13H15N3O2S/c17-13(11-5-4-8-19-11)15-9-12(14-10-15)18-16-6-2-1-3-7-16/h4-5,8-10H,1-3,6-7H2. The summed E-state index contributed by atoms with van der Waals surface area (Å²) in [5, 5.41) is 3.79. The molecule has 100 valence electrons. The van der Waals surface area contributed by atoms with Gasteiger partial charge in [0.05, 0.1) is 11.1 Å². The fourth-order valence-electron chi connectivity index (χ4n) is 2.08. The lowest BCUT2D eigenvalue weighted by atomic mass is 10.2. The molecule has 0 unspecified atom stereocenters. The Hall–Kier alpha value is -1.66. The first-order valence-electron chi connectivity index (χ1n) is 6.38. The number of carbonyl (C=O) groups is 1. The highest BCUT2D eigenvalue weighted by Crippen LogP contribution is 2.16. The number of aromatic nitrogens is 2. The molecule has 0 bridgehead atoms. The number of hydrogen-bond acceptors (Lipinski definition) is 5. The number of piperidine rings is 1. The molecule has 0 aromatic carbocycles. The van der Waals surface area contributed by atoms with Gasteiger partial charge in [0.2, 0.25) is 0 Å². The lowest BCUT2D eigenvalue weighted by Gasteiger charge is -2.24. The zero-order chi connectivity index (χ0) is 13.1. The molecule has 0 radical (unpaired) electrons. The van der Waals surface area contributed by atoms with Crippen molar-refractivity contribution < 1.29 is 9.63 Å². The monoisotopic (exact) mass is 277 g/mol. The molecule has 0 spiro atoms. The largest absolute Gasteiger partial charge is 0.384 e. The number of nitrogens with zero attached hydrogens (tertiary/aromatic N) is 3. The molecule has 0 saturated carbocycles. The number of imidazole rings is 1. The maximum Gasteiger partial charge on any atom is 0.273 e. The fraction of sp³-hybridized carbons (Fsp3) is 0.385. The molecule has 3 heterocycles. The Balaban J connectivity index is 1.67. The van der Waals surface area contributed by atoms with Gasteiger partial charge in [-0.2, -0.15) is 0 Å². The minimum absolute atomic E-state index is 0.0732. The van der Waals surface area contributed by atoms with Crippen molar-refractivity contribution >= 4 is 17.2 Å². The Morgan fingerprint density at radius 3 is 2.89 bits per heavy atom. The van der Waals surface area contributed by atoms with E-state index in [0.717, 1.165) is 25.9 Å². The zero-order valence-electron chi connectivity index (χ0n) is 10.5. The second kappa shape index (κ2) is 5.54. The molecular formula is C13H15N3O2S. The van der Waals surface area contributed by atoms with Crippen LogP contribution < -0.4 is 4.84 Å². The molecule has 3 rings (SSSR count). The van der Waals surface area contributed by atoms with Crippen molar-refractivity contribution in [3.63, 3.8) is 0 Å². The second-order valence-corrected chi connectivity index (χ2v) is 5.43. The summed E-state index contributed by atoms with van der Waals surface area (Å²) in [5.74, 6) is 0.405. The highest BCUT2D eigenvalue weighted by Gasteiger charge is 2.15. The molecule has 2 aromatic rings. The molecule has 0 aliphatic carbocycles. The van der Waals surface area contributed by atoms with E-state index in [1.165, 1.54) is 28.7 Å². The topological polar surface area (TPSA) is 47.4 Å². The maximum atomic E-state index is 12.1. The first-order valence-corrected chi connectivity index (χ1v) is 7.26. The van der Waals surface area contributed by atoms with E-state index in [0.29, 0.717) is 10.8 Å². The third-order valence-electron chi connectivity index (χ3n) is 3.06. The highest BCUT2D eigenvalue weighted by atomic mass is 32.1. The molecule has 0 atom stereocenters. The lowest BCUT2D eigenvalue weighted by molar-refractivity contribution is -0.0755. The molecule has 0 amide bonds. The van der Waals surface area contributed by atoms with E-state index in [-0.39, 0.29) is 5.91 Å². The Morgan fingerprint density at radius 1 is 1.32 bits per heavy atom. The average molecular weight is 277 g/mol. The van der Waals surface area contributed by atoms with Crippen molar-refractivity contribution in [3.8, 4) is 5.88 Å². The smallest absolute Gasteiger partial charge is 0.273 e. The summed E-state index contributed by atoms with van der Waals surface area (Å²) in [7, 11) is 0. The fourth-order valence-corrected chi connectivity index (χ4v) is 2.75. The van der Waals surface area contributed by atoms with Crippen LogP contribution in [-0.2, 0) is 0 Å². The molecule has 5 nitrogen and oxygen atoms in total. The first-order chi connectivity index (χ1) is 9.33. The van der Waals surface area contributed by atoms with E-state index in [9.17, 15) is 4.79 Å². The van der Waals surface area contributed by atoms with E-state index in [4.69, 9.17) is 4.84 Å². The summed E-state index contributed by atoms with van der Waals surface area (Å²) in [4.78, 5) is 22.6. The van der Waals surface area contributed by atoms with Gasteiger partial charge in [-0.1, -0.05) is 12.5 Å². The van der Waals surface area contributed by atoms with Crippen molar-refractivity contribution in [1.82, 2.24) is 14.6 Å². The van der Waals surface area contributed by atoms with Gasteiger partial charge in [0, 0.05) is 13.1 Å². The second-order valence-electron chi connectivity index (χ2n) is 4.48. The molecule has 2 aromatic heterocycles. The Kier molecular flexibility index (Phi) is 3.61. The van der Waals surface area contributed by atoms with E-state index < -0.39 is 0 Å². The van der Waals surface area contributed by atoms with Gasteiger partial charge in [-0.05, 0) is 24.3 Å². The van der Waals surface area contributed by atoms with Crippen LogP contribution in [0.25, 0.3) is 0 Å². The molecule has 1 aliphatic heterocycles. The van der Waals surface area contributed by atoms with Crippen LogP contribution in [0.2, 0.25) is 0 Å². The van der Waals surface area contributed by atoms with Crippen LogP contribution in [0.15, 0.2) is 30.0 Å². The van der Waals surface area contributed by atoms with Crippen LogP contribution >= 0.6 is 11.3 Å². The molecule has 1 fully saturated rings. The van der Waals surface area contributed by atoms with Gasteiger partial charge in [-0.15, -0.1) is 16.4 Å². The molecule has 6 heteroatoms. The molecule has 19 heavy (non-hydrogen) atoms. The SMILES string of the molecule is O=C(c1cccs1)n1cnc(ON2CCCCC2)c1. The number of rotatable bonds is 3. The summed E-state index contributed by atoms with van der Waals surface area (Å²) < 4.78 is 1.46. The molecule has 1 aliphatic rings. The van der Waals surface area contributed by atoms with Crippen molar-refractivity contribution in [2.24, 2.45) is 0 Å². The van der Waals surface area contributed by atoms with Crippen LogP contribution in [0.3, 0.4) is 0 Å². The zero-order valence-corrected chi connectivity index (χ0v) is 11.3. The van der Waals surface area contributed by atoms with Crippen molar-refractivity contribution in [1.29, 1.82) is 0 Å². The van der Waals surface area contributed by atoms with Crippen LogP contribution in [0.5, 0.6) is 5.88 Å². The van der Waals surface area contributed by atoms with E-state index in [1.807, 2.05) is 16.5 Å². The predicted octanol–water partition coefficient (Wildman–Crippen LogP) is 2.41. The van der Waals surface area contributed by atoms with Crippen molar-refractivity contribution in [2.45, 2.75) is 19.3 Å². The number of thiophene rings is 1. The minimum atomic E-state index is -0.0732. The summed E-state index contributed by atoms with van der Waals surface area (Å²) in [6.07, 6.45) is 6.69. The first kappa shape index (κ1) is 12.4. The Bertz CT molecular complexity index is 544. The van der Waals surface area contributed by atoms with Crippen LogP contribution in [-0.4, -0.2) is 33.6 Å². The van der Waals surface area contributed by atoms with E-state index in [2.05, 4.69) is 4.98 Å². The van der Waals surface area contributed by atoms with Gasteiger partial charge < -0.3 is 4.84 Å². The summed E-state index contributed by atoms with van der Waals surface area (Å²) in [6.45, 7) is 1.84. The Labute approximate surface area is 115 Å². The van der Waals surface area contributed by atoms with Crippen molar-refractivity contribution in [3.05, 3.63) is 34.9 Å². The summed E-state index contributed by atoms with van der Waals surface area (Å²) in [6, 6.07) is 3.66. The Morgan fingerprint density at radius 2 is 2.16 bits per heavy atom. The van der Waals surface area contributed by atoms with E-state index in [1.54, 1.807) is 12.3 Å². The van der Waals surface area contributed by atoms with Gasteiger partial charge in [0.15, 0.2) is 0 Å². The van der Waals surface area contributed by atoms with Crippen molar-refractivity contribution in [2.75, 3.05) is 13.1 Å². The molecular weight excluding hydrogens is 262 g/mol. The lowest BCUT2D eigenvalue weighted by Crippen LogP contribution is -2.32. The molecule has 1 saturated heterocycles. The van der Waals surface area contributed by atoms with Gasteiger partial charge in [0.25, 0.3) is 11.8 Å². The third-order valence-corrected chi connectivity index (χ3v) is 3.92. The van der Waals surface area contributed by atoms with Gasteiger partial charge in [-0.25, -0.2) is 4.98 Å². The average Bonchev–Trinajstić information content (AvgIpc) is 3.10. The van der Waals surface area contributed by atoms with Gasteiger partial charge in [0.1, 0.15) is 6.33 Å². The normalized spacial score (nSPS) is 16.4. The quantitative estimate of drug-likeness (QED) is 0.864. The van der Waals surface area contributed by atoms with Crippen LogP contribution in [0, 0.1) is 0 Å². The number of hydroxylamine groups is 2. The summed E-state index contributed by atoms with van der Waals surface area (Å²) in [5.41, 5.74) is 0. The van der Waals surface area contributed by atoms with Crippen LogP contribution in [0.1, 0.15) is 28.9 Å². The predicted molar refractivity (Wildman–Crippen MR) is 72.3 cm³/mol. The maximum absolute atomic E-state index is 12.1. The summed E-state index contributed by atoms with van der Waals surface area (Å²) >= 11 is 1.42. The van der Waals surface area contributed by atoms with Gasteiger partial charge in [-0.3, -0.25) is 9.36 Å². The molecule has 0 N–H and O–H groups in total. The highest BCUT2D eigenvalue weighted by molar-refractivity contribution is 7.12. The van der Waals surface area contributed by atoms with Crippen LogP contribution in [0.4, 0.5) is 0 Å². The van der Waals surface area contributed by atoms with Gasteiger partial charge >= 0.3 is 0 Å². The van der Waals surface area contributed by atoms with E-state index >= 15 is 0 Å². The number of hydrogen-bond donors (Lipinski definition) is 0. The third kappa shape index (κ3) is 2.85. The minimum Gasteiger partial charge on any atom is -0.384 e. The number of carbonyl (C=O) groups excluding carboxylic acids is 1.